The van der Waals surface area contributed by atoms with E-state index in [9.17, 15) is 13.2 Å². The van der Waals surface area contributed by atoms with E-state index in [0.717, 1.165) is 0 Å². The van der Waals surface area contributed by atoms with Gasteiger partial charge in [0.1, 0.15) is 0 Å². The molecular formula is C17H21N3O4S. The minimum atomic E-state index is -3.31. The summed E-state index contributed by atoms with van der Waals surface area (Å²) in [6.07, 6.45) is 3.05. The molecule has 0 atom stereocenters. The molecular weight excluding hydrogens is 342 g/mol. The predicted molar refractivity (Wildman–Crippen MR) is 94.3 cm³/mol. The number of nitrogens with zero attached hydrogens (tertiary/aromatic N) is 2. The van der Waals surface area contributed by atoms with Crippen molar-refractivity contribution in [1.82, 2.24) is 9.97 Å². The number of hydrogen-bond acceptors (Lipinski definition) is 6. The smallest absolute Gasteiger partial charge is 0.316 e. The SMILES string of the molecule is CCOc1ncc(NC(=O)Cc2ccc(S(=O)(=O)C(C)C)cc2)cn1. The summed E-state index contributed by atoms with van der Waals surface area (Å²) in [7, 11) is -3.31. The van der Waals surface area contributed by atoms with Gasteiger partial charge in [-0.2, -0.15) is 0 Å². The minimum absolute atomic E-state index is 0.120. The van der Waals surface area contributed by atoms with Crippen molar-refractivity contribution in [3.8, 4) is 6.01 Å². The molecule has 25 heavy (non-hydrogen) atoms. The van der Waals surface area contributed by atoms with Gasteiger partial charge in [0.05, 0.1) is 41.3 Å². The minimum Gasteiger partial charge on any atom is -0.464 e. The number of aromatic nitrogens is 2. The molecule has 1 N–H and O–H groups in total. The Labute approximate surface area is 147 Å². The maximum atomic E-state index is 12.1. The molecule has 0 aliphatic rings. The maximum absolute atomic E-state index is 12.1. The van der Waals surface area contributed by atoms with Gasteiger partial charge in [0.2, 0.25) is 5.91 Å². The van der Waals surface area contributed by atoms with E-state index >= 15 is 0 Å². The summed E-state index contributed by atoms with van der Waals surface area (Å²) in [5.74, 6) is -0.243. The summed E-state index contributed by atoms with van der Waals surface area (Å²) in [5.41, 5.74) is 1.18. The summed E-state index contributed by atoms with van der Waals surface area (Å²) in [6, 6.07) is 6.59. The lowest BCUT2D eigenvalue weighted by Crippen LogP contribution is -2.16. The monoisotopic (exact) mass is 363 g/mol. The Morgan fingerprint density at radius 1 is 1.16 bits per heavy atom. The van der Waals surface area contributed by atoms with Crippen LogP contribution in [0.5, 0.6) is 6.01 Å². The third kappa shape index (κ3) is 4.99. The highest BCUT2D eigenvalue weighted by Gasteiger charge is 2.18. The number of rotatable bonds is 7. The summed E-state index contributed by atoms with van der Waals surface area (Å²) in [6.45, 7) is 5.57. The molecule has 1 heterocycles. The number of sulfone groups is 1. The lowest BCUT2D eigenvalue weighted by molar-refractivity contribution is -0.115. The molecule has 1 aromatic heterocycles. The van der Waals surface area contributed by atoms with Crippen LogP contribution in [0.4, 0.5) is 5.69 Å². The zero-order valence-electron chi connectivity index (χ0n) is 14.4. The summed E-state index contributed by atoms with van der Waals surface area (Å²) in [4.78, 5) is 20.3. The zero-order chi connectivity index (χ0) is 18.4. The molecule has 1 aromatic carbocycles. The number of benzene rings is 1. The molecule has 0 radical (unpaired) electrons. The van der Waals surface area contributed by atoms with Crippen LogP contribution in [0.1, 0.15) is 26.3 Å². The Hall–Kier alpha value is -2.48. The van der Waals surface area contributed by atoms with Crippen molar-refractivity contribution >= 4 is 21.4 Å². The van der Waals surface area contributed by atoms with E-state index in [-0.39, 0.29) is 23.2 Å². The fourth-order valence-electron chi connectivity index (χ4n) is 2.04. The fourth-order valence-corrected chi connectivity index (χ4v) is 3.10. The first-order valence-corrected chi connectivity index (χ1v) is 9.45. The van der Waals surface area contributed by atoms with Crippen molar-refractivity contribution in [3.05, 3.63) is 42.2 Å². The van der Waals surface area contributed by atoms with E-state index in [1.54, 1.807) is 26.0 Å². The summed E-state index contributed by atoms with van der Waals surface area (Å²) >= 11 is 0. The first kappa shape index (κ1) is 18.9. The quantitative estimate of drug-likeness (QED) is 0.810. The zero-order valence-corrected chi connectivity index (χ0v) is 15.2. The Kier molecular flexibility index (Phi) is 6.08. The van der Waals surface area contributed by atoms with Gasteiger partial charge in [-0.1, -0.05) is 12.1 Å². The number of carbonyl (C=O) groups excluding carboxylic acids is 1. The number of anilines is 1. The average Bonchev–Trinajstić information content (AvgIpc) is 2.57. The molecule has 134 valence electrons. The lowest BCUT2D eigenvalue weighted by Gasteiger charge is -2.09. The highest BCUT2D eigenvalue weighted by Crippen LogP contribution is 2.17. The van der Waals surface area contributed by atoms with Gasteiger partial charge in [0, 0.05) is 0 Å². The molecule has 1 amide bonds. The van der Waals surface area contributed by atoms with Gasteiger partial charge in [-0.05, 0) is 38.5 Å². The van der Waals surface area contributed by atoms with E-state index in [4.69, 9.17) is 4.74 Å². The van der Waals surface area contributed by atoms with Crippen molar-refractivity contribution in [1.29, 1.82) is 0 Å². The third-order valence-corrected chi connectivity index (χ3v) is 5.59. The topological polar surface area (TPSA) is 98.2 Å². The third-order valence-electron chi connectivity index (χ3n) is 3.42. The van der Waals surface area contributed by atoms with Crippen LogP contribution in [0.15, 0.2) is 41.6 Å². The van der Waals surface area contributed by atoms with Crippen LogP contribution in [0.25, 0.3) is 0 Å². The molecule has 0 saturated carbocycles. The number of nitrogens with one attached hydrogen (secondary N) is 1. The van der Waals surface area contributed by atoms with Crippen LogP contribution < -0.4 is 10.1 Å². The number of ether oxygens (including phenoxy) is 1. The molecule has 0 spiro atoms. The Balaban J connectivity index is 1.98. The largest absolute Gasteiger partial charge is 0.464 e. The molecule has 0 aliphatic carbocycles. The van der Waals surface area contributed by atoms with Gasteiger partial charge < -0.3 is 10.1 Å². The number of amides is 1. The second-order valence-corrected chi connectivity index (χ2v) is 8.15. The predicted octanol–water partition coefficient (Wildman–Crippen LogP) is 2.24. The first-order valence-electron chi connectivity index (χ1n) is 7.90. The molecule has 7 nitrogen and oxygen atoms in total. The molecule has 0 unspecified atom stereocenters. The summed E-state index contributed by atoms with van der Waals surface area (Å²) in [5, 5.41) is 2.20. The molecule has 0 fully saturated rings. The summed E-state index contributed by atoms with van der Waals surface area (Å²) < 4.78 is 29.3. The van der Waals surface area contributed by atoms with Crippen LogP contribution in [-0.4, -0.2) is 36.1 Å². The Morgan fingerprint density at radius 3 is 2.28 bits per heavy atom. The van der Waals surface area contributed by atoms with Crippen molar-refractivity contribution in [3.63, 3.8) is 0 Å². The van der Waals surface area contributed by atoms with Crippen molar-refractivity contribution in [2.24, 2.45) is 0 Å². The number of hydrogen-bond donors (Lipinski definition) is 1. The maximum Gasteiger partial charge on any atom is 0.316 e. The van der Waals surface area contributed by atoms with E-state index < -0.39 is 15.1 Å². The van der Waals surface area contributed by atoms with Crippen LogP contribution in [0.3, 0.4) is 0 Å². The van der Waals surface area contributed by atoms with Gasteiger partial charge >= 0.3 is 6.01 Å². The van der Waals surface area contributed by atoms with Crippen LogP contribution >= 0.6 is 0 Å². The van der Waals surface area contributed by atoms with Crippen LogP contribution in [0.2, 0.25) is 0 Å². The van der Waals surface area contributed by atoms with Gasteiger partial charge in [0.15, 0.2) is 9.84 Å². The molecule has 8 heteroatoms. The van der Waals surface area contributed by atoms with Gasteiger partial charge in [-0.3, -0.25) is 4.79 Å². The highest BCUT2D eigenvalue weighted by atomic mass is 32.2. The molecule has 0 bridgehead atoms. The van der Waals surface area contributed by atoms with E-state index in [0.29, 0.717) is 17.9 Å². The molecule has 0 aliphatic heterocycles. The molecule has 2 aromatic rings. The second-order valence-electron chi connectivity index (χ2n) is 5.65. The van der Waals surface area contributed by atoms with Gasteiger partial charge in [-0.25, -0.2) is 18.4 Å². The number of carbonyl (C=O) groups is 1. The Bertz CT molecular complexity index is 816. The van der Waals surface area contributed by atoms with Crippen molar-refractivity contribution in [2.75, 3.05) is 11.9 Å². The Morgan fingerprint density at radius 2 is 1.76 bits per heavy atom. The second kappa shape index (κ2) is 8.06. The fraction of sp³-hybridized carbons (Fsp3) is 0.353. The van der Waals surface area contributed by atoms with Crippen molar-refractivity contribution < 1.29 is 17.9 Å². The molecule has 2 rings (SSSR count). The van der Waals surface area contributed by atoms with E-state index in [2.05, 4.69) is 15.3 Å². The van der Waals surface area contributed by atoms with Gasteiger partial charge in [-0.15, -0.1) is 0 Å². The van der Waals surface area contributed by atoms with E-state index in [1.165, 1.54) is 24.5 Å². The van der Waals surface area contributed by atoms with Crippen LogP contribution in [-0.2, 0) is 21.1 Å². The highest BCUT2D eigenvalue weighted by molar-refractivity contribution is 7.92. The van der Waals surface area contributed by atoms with Crippen LogP contribution in [0, 0.1) is 0 Å². The lowest BCUT2D eigenvalue weighted by atomic mass is 10.1. The molecule has 0 saturated heterocycles. The van der Waals surface area contributed by atoms with Gasteiger partial charge in [0.25, 0.3) is 0 Å². The van der Waals surface area contributed by atoms with Crippen molar-refractivity contribution in [2.45, 2.75) is 37.3 Å². The average molecular weight is 363 g/mol. The standard InChI is InChI=1S/C17H21N3O4S/c1-4-24-17-18-10-14(11-19-17)20-16(21)9-13-5-7-15(8-6-13)25(22,23)12(2)3/h5-8,10-12H,4,9H2,1-3H3,(H,20,21). The first-order chi connectivity index (χ1) is 11.8. The normalized spacial score (nSPS) is 11.4. The van der Waals surface area contributed by atoms with E-state index in [1.807, 2.05) is 6.92 Å².